The lowest BCUT2D eigenvalue weighted by molar-refractivity contribution is 0.180. The molecule has 2 rings (SSSR count). The number of hydrogen-bond acceptors (Lipinski definition) is 4. The van der Waals surface area contributed by atoms with Crippen LogP contribution in [0.5, 0.6) is 0 Å². The third kappa shape index (κ3) is 0.767. The van der Waals surface area contributed by atoms with Crippen molar-refractivity contribution in [3.8, 4) is 0 Å². The average Bonchev–Trinajstić information content (AvgIpc) is 2.55. The molecule has 0 saturated carbocycles. The van der Waals surface area contributed by atoms with Crippen molar-refractivity contribution < 1.29 is 4.84 Å². The molecule has 0 amide bonds. The lowest BCUT2D eigenvalue weighted by Gasteiger charge is -1.97. The number of fused-ring (bicyclic) bond motifs is 1. The van der Waals surface area contributed by atoms with E-state index in [1.807, 2.05) is 12.3 Å². The SMILES string of the molecule is COn1ccc2c(N)c(N)sc21. The smallest absolute Gasteiger partial charge is 0.143 e. The maximum absolute atomic E-state index is 5.72. The highest BCUT2D eigenvalue weighted by Gasteiger charge is 2.10. The number of anilines is 2. The Morgan fingerprint density at radius 3 is 2.92 bits per heavy atom. The van der Waals surface area contributed by atoms with Gasteiger partial charge in [-0.15, -0.1) is 0 Å². The molecule has 2 aromatic heterocycles. The normalized spacial score (nSPS) is 10.8. The van der Waals surface area contributed by atoms with Gasteiger partial charge in [0.1, 0.15) is 16.9 Å². The van der Waals surface area contributed by atoms with E-state index in [1.54, 1.807) is 11.8 Å². The van der Waals surface area contributed by atoms with E-state index in [4.69, 9.17) is 16.3 Å². The molecule has 4 N–H and O–H groups in total. The van der Waals surface area contributed by atoms with E-state index in [-0.39, 0.29) is 0 Å². The minimum atomic E-state index is 0.644. The summed E-state index contributed by atoms with van der Waals surface area (Å²) in [4.78, 5) is 6.00. The Morgan fingerprint density at radius 2 is 2.25 bits per heavy atom. The second-order valence-corrected chi connectivity index (χ2v) is 3.45. The molecule has 0 unspecified atom stereocenters. The van der Waals surface area contributed by atoms with Crippen LogP contribution in [0.15, 0.2) is 12.3 Å². The molecule has 12 heavy (non-hydrogen) atoms. The lowest BCUT2D eigenvalue weighted by Crippen LogP contribution is -2.01. The number of thiophene rings is 1. The van der Waals surface area contributed by atoms with Gasteiger partial charge in [0.15, 0.2) is 0 Å². The fourth-order valence-corrected chi connectivity index (χ4v) is 2.08. The van der Waals surface area contributed by atoms with Crippen molar-refractivity contribution in [1.82, 2.24) is 4.73 Å². The highest BCUT2D eigenvalue weighted by Crippen LogP contribution is 2.35. The second kappa shape index (κ2) is 2.31. The average molecular weight is 183 g/mol. The third-order valence-electron chi connectivity index (χ3n) is 1.77. The minimum absolute atomic E-state index is 0.644. The largest absolute Gasteiger partial charge is 0.416 e. The van der Waals surface area contributed by atoms with Gasteiger partial charge in [-0.25, -0.2) is 0 Å². The summed E-state index contributed by atoms with van der Waals surface area (Å²) in [5, 5.41) is 1.60. The predicted octanol–water partition coefficient (Wildman–Crippen LogP) is 0.926. The Hall–Kier alpha value is -1.36. The lowest BCUT2D eigenvalue weighted by atomic mass is 10.3. The molecule has 0 atom stereocenters. The quantitative estimate of drug-likeness (QED) is 0.691. The van der Waals surface area contributed by atoms with Gasteiger partial charge in [0.25, 0.3) is 0 Å². The molecule has 0 aromatic carbocycles. The molecule has 0 fully saturated rings. The zero-order valence-corrected chi connectivity index (χ0v) is 7.39. The van der Waals surface area contributed by atoms with Crippen molar-refractivity contribution in [2.24, 2.45) is 0 Å². The molecule has 5 heteroatoms. The van der Waals surface area contributed by atoms with Crippen LogP contribution in [0.2, 0.25) is 0 Å². The van der Waals surface area contributed by atoms with Gasteiger partial charge in [0.05, 0.1) is 5.69 Å². The number of aromatic nitrogens is 1. The number of rotatable bonds is 1. The minimum Gasteiger partial charge on any atom is -0.416 e. The van der Waals surface area contributed by atoms with Gasteiger partial charge in [-0.3, -0.25) is 0 Å². The van der Waals surface area contributed by atoms with E-state index >= 15 is 0 Å². The van der Waals surface area contributed by atoms with E-state index in [0.717, 1.165) is 10.2 Å². The Bertz CT molecular complexity index is 417. The van der Waals surface area contributed by atoms with Crippen molar-refractivity contribution in [3.63, 3.8) is 0 Å². The molecule has 2 heterocycles. The topological polar surface area (TPSA) is 66.2 Å². The van der Waals surface area contributed by atoms with E-state index in [0.29, 0.717) is 10.7 Å². The van der Waals surface area contributed by atoms with Crippen LogP contribution < -0.4 is 16.3 Å². The molecule has 0 saturated heterocycles. The highest BCUT2D eigenvalue weighted by atomic mass is 32.1. The van der Waals surface area contributed by atoms with E-state index < -0.39 is 0 Å². The Morgan fingerprint density at radius 1 is 1.50 bits per heavy atom. The zero-order valence-electron chi connectivity index (χ0n) is 6.57. The van der Waals surface area contributed by atoms with Crippen LogP contribution in [-0.4, -0.2) is 11.8 Å². The fourth-order valence-electron chi connectivity index (χ4n) is 1.14. The Kier molecular flexibility index (Phi) is 1.41. The maximum atomic E-state index is 5.72. The first-order valence-corrected chi connectivity index (χ1v) is 4.25. The summed E-state index contributed by atoms with van der Waals surface area (Å²) in [5.41, 5.74) is 12.0. The van der Waals surface area contributed by atoms with Gasteiger partial charge in [0.2, 0.25) is 0 Å². The number of nitrogens with zero attached hydrogens (tertiary/aromatic N) is 1. The molecule has 0 radical (unpaired) electrons. The molecule has 2 aromatic rings. The highest BCUT2D eigenvalue weighted by molar-refractivity contribution is 7.23. The molecule has 4 nitrogen and oxygen atoms in total. The van der Waals surface area contributed by atoms with Gasteiger partial charge in [-0.1, -0.05) is 11.3 Å². The van der Waals surface area contributed by atoms with Gasteiger partial charge in [0, 0.05) is 11.6 Å². The second-order valence-electron chi connectivity index (χ2n) is 2.42. The van der Waals surface area contributed by atoms with Crippen LogP contribution in [0.3, 0.4) is 0 Å². The summed E-state index contributed by atoms with van der Waals surface area (Å²) < 4.78 is 1.65. The first-order chi connectivity index (χ1) is 5.74. The summed E-state index contributed by atoms with van der Waals surface area (Å²) in [6.45, 7) is 0. The van der Waals surface area contributed by atoms with Crippen LogP contribution in [0.1, 0.15) is 0 Å². The molecular weight excluding hydrogens is 174 g/mol. The van der Waals surface area contributed by atoms with Crippen molar-refractivity contribution in [1.29, 1.82) is 0 Å². The molecule has 0 bridgehead atoms. The zero-order chi connectivity index (χ0) is 8.72. The van der Waals surface area contributed by atoms with Crippen LogP contribution in [0, 0.1) is 0 Å². The first kappa shape index (κ1) is 7.30. The molecule has 0 aliphatic heterocycles. The fraction of sp³-hybridized carbons (Fsp3) is 0.143. The van der Waals surface area contributed by atoms with Gasteiger partial charge in [-0.05, 0) is 6.07 Å². The summed E-state index contributed by atoms with van der Waals surface area (Å²) in [6, 6.07) is 1.89. The third-order valence-corrected chi connectivity index (χ3v) is 2.80. The summed E-state index contributed by atoms with van der Waals surface area (Å²) >= 11 is 1.43. The summed E-state index contributed by atoms with van der Waals surface area (Å²) in [7, 11) is 1.60. The Labute approximate surface area is 73.3 Å². The molecular formula is C7H9N3OS. The van der Waals surface area contributed by atoms with Crippen LogP contribution in [0.4, 0.5) is 10.7 Å². The number of nitrogen functional groups attached to an aromatic ring is 2. The molecule has 0 aliphatic carbocycles. The molecule has 0 aliphatic rings. The Balaban J connectivity index is 2.79. The van der Waals surface area contributed by atoms with Crippen molar-refractivity contribution in [2.45, 2.75) is 0 Å². The monoisotopic (exact) mass is 183 g/mol. The van der Waals surface area contributed by atoms with Gasteiger partial charge < -0.3 is 16.3 Å². The number of nitrogens with two attached hydrogens (primary N) is 2. The van der Waals surface area contributed by atoms with Crippen molar-refractivity contribution >= 4 is 32.2 Å². The van der Waals surface area contributed by atoms with Crippen LogP contribution in [0.25, 0.3) is 10.2 Å². The molecule has 0 spiro atoms. The van der Waals surface area contributed by atoms with Crippen molar-refractivity contribution in [2.75, 3.05) is 18.6 Å². The van der Waals surface area contributed by atoms with E-state index in [2.05, 4.69) is 0 Å². The van der Waals surface area contributed by atoms with Crippen LogP contribution in [-0.2, 0) is 0 Å². The summed E-state index contributed by atoms with van der Waals surface area (Å²) in [6.07, 6.45) is 1.82. The maximum Gasteiger partial charge on any atom is 0.143 e. The standard InChI is InChI=1S/C7H9N3OS/c1-11-10-3-2-4-5(8)6(9)12-7(4)10/h2-3H,8-9H2,1H3. The van der Waals surface area contributed by atoms with Gasteiger partial charge in [-0.2, -0.15) is 4.73 Å². The number of hydrogen-bond donors (Lipinski definition) is 2. The van der Waals surface area contributed by atoms with Gasteiger partial charge >= 0.3 is 0 Å². The molecule has 64 valence electrons. The van der Waals surface area contributed by atoms with Crippen molar-refractivity contribution in [3.05, 3.63) is 12.3 Å². The first-order valence-electron chi connectivity index (χ1n) is 3.43. The van der Waals surface area contributed by atoms with Crippen LogP contribution >= 0.6 is 11.3 Å². The van der Waals surface area contributed by atoms with E-state index in [1.165, 1.54) is 11.3 Å². The van der Waals surface area contributed by atoms with E-state index in [9.17, 15) is 0 Å². The summed E-state index contributed by atoms with van der Waals surface area (Å²) in [5.74, 6) is 0. The predicted molar refractivity (Wildman–Crippen MR) is 51.1 cm³/mol.